The van der Waals surface area contributed by atoms with Crippen LogP contribution < -0.4 is 5.73 Å². The summed E-state index contributed by atoms with van der Waals surface area (Å²) in [6.07, 6.45) is 0.287. The van der Waals surface area contributed by atoms with Crippen LogP contribution in [0.25, 0.3) is 0 Å². The molecule has 1 rings (SSSR count). The number of carbonyl (C=O) groups is 1. The fraction of sp³-hybridized carbons (Fsp3) is 0.222. The van der Waals surface area contributed by atoms with Crippen molar-refractivity contribution in [2.75, 3.05) is 0 Å². The first-order valence-electron chi connectivity index (χ1n) is 4.33. The molecule has 0 bridgehead atoms. The van der Waals surface area contributed by atoms with Gasteiger partial charge in [-0.25, -0.2) is 4.57 Å². The summed E-state index contributed by atoms with van der Waals surface area (Å²) in [5.74, 6) is -0.856. The van der Waals surface area contributed by atoms with Crippen molar-refractivity contribution in [1.82, 2.24) is 0 Å². The van der Waals surface area contributed by atoms with Crippen molar-refractivity contribution < 1.29 is 18.8 Å². The normalized spacial score (nSPS) is 14.3. The molecule has 6 heteroatoms. The van der Waals surface area contributed by atoms with Crippen LogP contribution >= 0.6 is 8.25 Å². The highest BCUT2D eigenvalue weighted by Gasteiger charge is 2.16. The van der Waals surface area contributed by atoms with Crippen molar-refractivity contribution in [3.8, 4) is 0 Å². The fourth-order valence-electron chi connectivity index (χ4n) is 1.11. The summed E-state index contributed by atoms with van der Waals surface area (Å²) in [6.45, 7) is 0. The van der Waals surface area contributed by atoms with Gasteiger partial charge >= 0.3 is 14.2 Å². The molecule has 0 radical (unpaired) electrons. The van der Waals surface area contributed by atoms with Crippen molar-refractivity contribution in [3.63, 3.8) is 0 Å². The number of hydrogen-bond acceptors (Lipinski definition) is 4. The lowest BCUT2D eigenvalue weighted by Crippen LogP contribution is -2.33. The third-order valence-corrected chi connectivity index (χ3v) is 2.16. The molecule has 0 amide bonds. The quantitative estimate of drug-likeness (QED) is 0.733. The van der Waals surface area contributed by atoms with Gasteiger partial charge in [-0.1, -0.05) is 30.3 Å². The smallest absolute Gasteiger partial charge is 0.367 e. The van der Waals surface area contributed by atoms with Crippen molar-refractivity contribution in [2.24, 2.45) is 5.73 Å². The minimum atomic E-state index is -3.25. The minimum Gasteiger partial charge on any atom is -0.392 e. The van der Waals surface area contributed by atoms with Crippen LogP contribution in [0.4, 0.5) is 0 Å². The maximum atomic E-state index is 11.1. The van der Waals surface area contributed by atoms with Crippen molar-refractivity contribution >= 4 is 14.2 Å². The molecule has 5 nitrogen and oxygen atoms in total. The van der Waals surface area contributed by atoms with Crippen molar-refractivity contribution in [2.45, 2.75) is 12.5 Å². The van der Waals surface area contributed by atoms with E-state index in [4.69, 9.17) is 10.6 Å². The zero-order valence-corrected chi connectivity index (χ0v) is 8.92. The topological polar surface area (TPSA) is 89.6 Å². The van der Waals surface area contributed by atoms with Crippen LogP contribution in [0.1, 0.15) is 5.56 Å². The first-order valence-corrected chi connectivity index (χ1v) is 5.60. The van der Waals surface area contributed by atoms with E-state index in [2.05, 4.69) is 4.52 Å². The summed E-state index contributed by atoms with van der Waals surface area (Å²) in [5.41, 5.74) is 6.36. The maximum absolute atomic E-state index is 11.1. The van der Waals surface area contributed by atoms with Gasteiger partial charge in [-0.2, -0.15) is 0 Å². The lowest BCUT2D eigenvalue weighted by Gasteiger charge is -2.09. The number of hydrogen-bond donors (Lipinski definition) is 2. The van der Waals surface area contributed by atoms with Crippen LogP contribution in [0.3, 0.4) is 0 Å². The molecule has 0 saturated carbocycles. The van der Waals surface area contributed by atoms with Gasteiger partial charge in [0.1, 0.15) is 6.04 Å². The van der Waals surface area contributed by atoms with E-state index in [1.807, 2.05) is 30.3 Å². The second-order valence-corrected chi connectivity index (χ2v) is 3.72. The molecule has 0 spiro atoms. The molecule has 0 aliphatic rings. The molecule has 3 N–H and O–H groups in total. The summed E-state index contributed by atoms with van der Waals surface area (Å²) in [7, 11) is -3.25. The predicted octanol–water partition coefficient (Wildman–Crippen LogP) is 0.482. The maximum Gasteiger partial charge on any atom is 0.367 e. The second kappa shape index (κ2) is 5.66. The Morgan fingerprint density at radius 3 is 2.60 bits per heavy atom. The Bertz CT molecular complexity index is 354. The highest BCUT2D eigenvalue weighted by atomic mass is 31.1. The minimum absolute atomic E-state index is 0.287. The van der Waals surface area contributed by atoms with Crippen LogP contribution in [-0.4, -0.2) is 16.9 Å². The summed E-state index contributed by atoms with van der Waals surface area (Å²) >= 11 is 0. The predicted molar refractivity (Wildman–Crippen MR) is 55.4 cm³/mol. The number of carbonyl (C=O) groups excluding carboxylic acids is 1. The highest BCUT2D eigenvalue weighted by molar-refractivity contribution is 7.32. The average Bonchev–Trinajstić information content (AvgIpc) is 2.18. The summed E-state index contributed by atoms with van der Waals surface area (Å²) in [5, 5.41) is 0. The van der Waals surface area contributed by atoms with Gasteiger partial charge in [-0.05, 0) is 12.0 Å². The Labute approximate surface area is 87.8 Å². The zero-order valence-electron chi connectivity index (χ0n) is 7.92. The summed E-state index contributed by atoms with van der Waals surface area (Å²) in [4.78, 5) is 19.5. The Balaban J connectivity index is 2.52. The average molecular weight is 229 g/mol. The lowest BCUT2D eigenvalue weighted by molar-refractivity contribution is -0.135. The van der Waals surface area contributed by atoms with Crippen LogP contribution in [0, 0.1) is 0 Å². The number of benzene rings is 1. The fourth-order valence-corrected chi connectivity index (χ4v) is 1.44. The van der Waals surface area contributed by atoms with Gasteiger partial charge in [0.15, 0.2) is 0 Å². The summed E-state index contributed by atoms with van der Waals surface area (Å²) in [6, 6.07) is 8.21. The highest BCUT2D eigenvalue weighted by Crippen LogP contribution is 2.16. The van der Waals surface area contributed by atoms with E-state index in [1.165, 1.54) is 0 Å². The monoisotopic (exact) mass is 229 g/mol. The third-order valence-electron chi connectivity index (χ3n) is 1.79. The van der Waals surface area contributed by atoms with Gasteiger partial charge in [0.05, 0.1) is 0 Å². The van der Waals surface area contributed by atoms with Crippen LogP contribution in [0.2, 0.25) is 0 Å². The molecule has 0 aromatic heterocycles. The number of nitrogens with two attached hydrogens (primary N) is 1. The van der Waals surface area contributed by atoms with E-state index in [0.717, 1.165) is 5.56 Å². The van der Waals surface area contributed by atoms with Crippen molar-refractivity contribution in [1.29, 1.82) is 0 Å². The van der Waals surface area contributed by atoms with Gasteiger partial charge < -0.3 is 15.2 Å². The molecule has 1 unspecified atom stereocenters. The van der Waals surface area contributed by atoms with E-state index in [0.29, 0.717) is 0 Å². The first-order chi connectivity index (χ1) is 7.09. The molecule has 0 heterocycles. The van der Waals surface area contributed by atoms with E-state index >= 15 is 0 Å². The van der Waals surface area contributed by atoms with Crippen molar-refractivity contribution in [3.05, 3.63) is 35.9 Å². The molecule has 1 aromatic rings. The van der Waals surface area contributed by atoms with E-state index in [-0.39, 0.29) is 6.42 Å². The third kappa shape index (κ3) is 4.25. The summed E-state index contributed by atoms with van der Waals surface area (Å²) < 4.78 is 14.4. The van der Waals surface area contributed by atoms with Gasteiger partial charge in [0.25, 0.3) is 0 Å². The van der Waals surface area contributed by atoms with E-state index in [9.17, 15) is 9.36 Å². The van der Waals surface area contributed by atoms with E-state index in [1.54, 1.807) is 0 Å². The molecule has 2 atom stereocenters. The first kappa shape index (κ1) is 11.9. The van der Waals surface area contributed by atoms with Crippen LogP contribution in [0.5, 0.6) is 0 Å². The van der Waals surface area contributed by atoms with E-state index < -0.39 is 20.3 Å². The zero-order chi connectivity index (χ0) is 11.3. The van der Waals surface area contributed by atoms with Gasteiger partial charge in [0, 0.05) is 0 Å². The Morgan fingerprint density at radius 1 is 1.47 bits per heavy atom. The molecule has 82 valence electrons. The SMILES string of the molecule is N[C@@H](Cc1ccccc1)C(=O)O[PH](=O)O. The largest absolute Gasteiger partial charge is 0.392 e. The molecule has 0 aliphatic carbocycles. The second-order valence-electron chi connectivity index (χ2n) is 2.98. The van der Waals surface area contributed by atoms with Crippen LogP contribution in [-0.2, 0) is 20.3 Å². The van der Waals surface area contributed by atoms with Gasteiger partial charge in [-0.15, -0.1) is 0 Å². The molecular weight excluding hydrogens is 217 g/mol. The Kier molecular flexibility index (Phi) is 4.49. The molecule has 0 saturated heterocycles. The Morgan fingerprint density at radius 2 is 2.07 bits per heavy atom. The number of rotatable bonds is 4. The van der Waals surface area contributed by atoms with Gasteiger partial charge in [0.2, 0.25) is 0 Å². The molecule has 0 fully saturated rings. The standard InChI is InChI=1S/C9H12NO4P/c10-8(9(11)14-15(12)13)6-7-4-2-1-3-5-7/h1-5,8,15H,6,10H2,(H,12,13)/t8-/m0/s1. The lowest BCUT2D eigenvalue weighted by atomic mass is 10.1. The Hall–Kier alpha value is -1.16. The van der Waals surface area contributed by atoms with Crippen LogP contribution in [0.15, 0.2) is 30.3 Å². The van der Waals surface area contributed by atoms with Gasteiger partial charge in [-0.3, -0.25) is 4.79 Å². The molecule has 15 heavy (non-hydrogen) atoms. The molecule has 1 aromatic carbocycles. The molecular formula is C9H12NO4P. The molecule has 0 aliphatic heterocycles.